The third kappa shape index (κ3) is 3.68. The normalized spacial score (nSPS) is 19.0. The third-order valence-corrected chi connectivity index (χ3v) is 4.70. The summed E-state index contributed by atoms with van der Waals surface area (Å²) in [6.45, 7) is 7.77. The van der Waals surface area contributed by atoms with E-state index in [0.29, 0.717) is 5.91 Å². The van der Waals surface area contributed by atoms with Gasteiger partial charge in [0.25, 0.3) is 0 Å². The minimum atomic E-state index is 0.132. The summed E-state index contributed by atoms with van der Waals surface area (Å²) in [4.78, 5) is 18.9. The van der Waals surface area contributed by atoms with Crippen molar-refractivity contribution in [2.75, 3.05) is 18.4 Å². The SMILES string of the molecule is CCCCC(C)C(=O)N1CCC(Nc2ccc3nc(C)cn3n2)C1. The maximum absolute atomic E-state index is 12.5. The van der Waals surface area contributed by atoms with Crippen LogP contribution in [0.4, 0.5) is 5.82 Å². The van der Waals surface area contributed by atoms with E-state index < -0.39 is 0 Å². The Hall–Kier alpha value is -2.11. The fraction of sp³-hybridized carbons (Fsp3) is 0.611. The van der Waals surface area contributed by atoms with Crippen molar-refractivity contribution in [3.8, 4) is 0 Å². The van der Waals surface area contributed by atoms with E-state index in [1.807, 2.05) is 30.2 Å². The van der Waals surface area contributed by atoms with E-state index in [9.17, 15) is 4.79 Å². The van der Waals surface area contributed by atoms with E-state index in [1.54, 1.807) is 4.52 Å². The lowest BCUT2D eigenvalue weighted by molar-refractivity contribution is -0.134. The molecule has 2 aromatic heterocycles. The first-order valence-electron chi connectivity index (χ1n) is 8.95. The molecule has 0 radical (unpaired) electrons. The number of hydrogen-bond acceptors (Lipinski definition) is 4. The molecule has 1 N–H and O–H groups in total. The summed E-state index contributed by atoms with van der Waals surface area (Å²) >= 11 is 0. The first-order chi connectivity index (χ1) is 11.6. The van der Waals surface area contributed by atoms with Crippen LogP contribution in [0, 0.1) is 12.8 Å². The van der Waals surface area contributed by atoms with Crippen LogP contribution >= 0.6 is 0 Å². The van der Waals surface area contributed by atoms with Crippen LogP contribution in [-0.2, 0) is 4.79 Å². The molecule has 1 aliphatic heterocycles. The predicted molar refractivity (Wildman–Crippen MR) is 95.0 cm³/mol. The van der Waals surface area contributed by atoms with Gasteiger partial charge in [0.05, 0.1) is 11.9 Å². The van der Waals surface area contributed by atoms with Crippen molar-refractivity contribution in [1.29, 1.82) is 0 Å². The van der Waals surface area contributed by atoms with Crippen LogP contribution in [0.5, 0.6) is 0 Å². The summed E-state index contributed by atoms with van der Waals surface area (Å²) in [7, 11) is 0. The molecule has 6 heteroatoms. The number of unbranched alkanes of at least 4 members (excludes halogenated alkanes) is 1. The van der Waals surface area contributed by atoms with Crippen molar-refractivity contribution >= 4 is 17.4 Å². The van der Waals surface area contributed by atoms with Gasteiger partial charge in [-0.05, 0) is 31.9 Å². The summed E-state index contributed by atoms with van der Waals surface area (Å²) in [5.74, 6) is 1.26. The molecule has 2 atom stereocenters. The van der Waals surface area contributed by atoms with Crippen LogP contribution in [0.3, 0.4) is 0 Å². The number of likely N-dealkylation sites (tertiary alicyclic amines) is 1. The average Bonchev–Trinajstić information content (AvgIpc) is 3.17. The molecule has 3 heterocycles. The molecule has 0 saturated carbocycles. The van der Waals surface area contributed by atoms with Gasteiger partial charge in [0, 0.05) is 25.0 Å². The largest absolute Gasteiger partial charge is 0.364 e. The second-order valence-electron chi connectivity index (χ2n) is 6.86. The molecule has 0 bridgehead atoms. The number of aryl methyl sites for hydroxylation is 1. The Kier molecular flexibility index (Phi) is 5.02. The number of rotatable bonds is 6. The molecule has 2 unspecified atom stereocenters. The molecule has 1 amide bonds. The lowest BCUT2D eigenvalue weighted by Crippen LogP contribution is -2.35. The van der Waals surface area contributed by atoms with Crippen molar-refractivity contribution in [1.82, 2.24) is 19.5 Å². The van der Waals surface area contributed by atoms with Crippen LogP contribution in [0.25, 0.3) is 5.65 Å². The van der Waals surface area contributed by atoms with Gasteiger partial charge in [0.15, 0.2) is 5.65 Å². The number of carbonyl (C=O) groups excluding carboxylic acids is 1. The van der Waals surface area contributed by atoms with Crippen LogP contribution in [0.15, 0.2) is 18.3 Å². The smallest absolute Gasteiger partial charge is 0.225 e. The summed E-state index contributed by atoms with van der Waals surface area (Å²) in [5, 5.41) is 8.00. The number of imidazole rings is 1. The number of hydrogen-bond donors (Lipinski definition) is 1. The first kappa shape index (κ1) is 16.7. The summed E-state index contributed by atoms with van der Waals surface area (Å²) < 4.78 is 1.79. The quantitative estimate of drug-likeness (QED) is 0.885. The number of aromatic nitrogens is 3. The highest BCUT2D eigenvalue weighted by molar-refractivity contribution is 5.78. The zero-order valence-electron chi connectivity index (χ0n) is 14.8. The second-order valence-corrected chi connectivity index (χ2v) is 6.86. The Bertz CT molecular complexity index is 710. The summed E-state index contributed by atoms with van der Waals surface area (Å²) in [5.41, 5.74) is 1.81. The number of nitrogens with zero attached hydrogens (tertiary/aromatic N) is 4. The monoisotopic (exact) mass is 329 g/mol. The van der Waals surface area contributed by atoms with Crippen molar-refractivity contribution in [3.05, 3.63) is 24.0 Å². The van der Waals surface area contributed by atoms with Crippen molar-refractivity contribution in [3.63, 3.8) is 0 Å². The Balaban J connectivity index is 1.57. The number of amides is 1. The summed E-state index contributed by atoms with van der Waals surface area (Å²) in [6, 6.07) is 4.19. The van der Waals surface area contributed by atoms with E-state index in [4.69, 9.17) is 0 Å². The van der Waals surface area contributed by atoms with Gasteiger partial charge in [-0.1, -0.05) is 26.7 Å². The fourth-order valence-corrected chi connectivity index (χ4v) is 3.31. The molecule has 0 aromatic carbocycles. The van der Waals surface area contributed by atoms with Gasteiger partial charge in [-0.2, -0.15) is 0 Å². The minimum absolute atomic E-state index is 0.132. The molecule has 1 saturated heterocycles. The van der Waals surface area contributed by atoms with Gasteiger partial charge in [0.1, 0.15) is 5.82 Å². The van der Waals surface area contributed by atoms with Crippen molar-refractivity contribution in [2.45, 2.75) is 52.5 Å². The van der Waals surface area contributed by atoms with Gasteiger partial charge in [-0.15, -0.1) is 5.10 Å². The molecule has 3 rings (SSSR count). The van der Waals surface area contributed by atoms with Crippen LogP contribution in [0.2, 0.25) is 0 Å². The summed E-state index contributed by atoms with van der Waals surface area (Å²) in [6.07, 6.45) is 6.14. The molecular weight excluding hydrogens is 302 g/mol. The van der Waals surface area contributed by atoms with E-state index >= 15 is 0 Å². The number of fused-ring (bicyclic) bond motifs is 1. The molecule has 2 aromatic rings. The van der Waals surface area contributed by atoms with E-state index in [-0.39, 0.29) is 12.0 Å². The lowest BCUT2D eigenvalue weighted by atomic mass is 10.0. The Morgan fingerprint density at radius 3 is 3.08 bits per heavy atom. The topological polar surface area (TPSA) is 62.5 Å². The van der Waals surface area contributed by atoms with Crippen molar-refractivity contribution < 1.29 is 4.79 Å². The number of carbonyl (C=O) groups is 1. The molecule has 0 spiro atoms. The maximum Gasteiger partial charge on any atom is 0.225 e. The average molecular weight is 329 g/mol. The van der Waals surface area contributed by atoms with Gasteiger partial charge in [0.2, 0.25) is 5.91 Å². The highest BCUT2D eigenvalue weighted by Gasteiger charge is 2.28. The molecule has 1 fully saturated rings. The Morgan fingerprint density at radius 1 is 1.46 bits per heavy atom. The number of nitrogens with one attached hydrogen (secondary N) is 1. The molecule has 6 nitrogen and oxygen atoms in total. The zero-order valence-corrected chi connectivity index (χ0v) is 14.8. The highest BCUT2D eigenvalue weighted by atomic mass is 16.2. The standard InChI is InChI=1S/C18H27N5O/c1-4-5-6-13(2)18(24)22-10-9-15(12-22)20-16-7-8-17-19-14(3)11-23(17)21-16/h7-8,11,13,15H,4-6,9-10,12H2,1-3H3,(H,20,21). The van der Waals surface area contributed by atoms with Gasteiger partial charge >= 0.3 is 0 Å². The Labute approximate surface area is 143 Å². The van der Waals surface area contributed by atoms with Crippen LogP contribution in [-0.4, -0.2) is 44.5 Å². The van der Waals surface area contributed by atoms with E-state index in [2.05, 4.69) is 29.2 Å². The molecule has 1 aliphatic rings. The van der Waals surface area contributed by atoms with Gasteiger partial charge in [-0.25, -0.2) is 9.50 Å². The fourth-order valence-electron chi connectivity index (χ4n) is 3.31. The van der Waals surface area contributed by atoms with Gasteiger partial charge < -0.3 is 10.2 Å². The third-order valence-electron chi connectivity index (χ3n) is 4.70. The van der Waals surface area contributed by atoms with E-state index in [1.165, 1.54) is 0 Å². The second kappa shape index (κ2) is 7.20. The first-order valence-corrected chi connectivity index (χ1v) is 8.95. The number of anilines is 1. The maximum atomic E-state index is 12.5. The van der Waals surface area contributed by atoms with Crippen LogP contribution < -0.4 is 5.32 Å². The van der Waals surface area contributed by atoms with E-state index in [0.717, 1.165) is 55.9 Å². The highest BCUT2D eigenvalue weighted by Crippen LogP contribution is 2.19. The Morgan fingerprint density at radius 2 is 2.29 bits per heavy atom. The lowest BCUT2D eigenvalue weighted by Gasteiger charge is -2.21. The molecule has 24 heavy (non-hydrogen) atoms. The van der Waals surface area contributed by atoms with Gasteiger partial charge in [-0.3, -0.25) is 4.79 Å². The zero-order chi connectivity index (χ0) is 17.1. The minimum Gasteiger partial charge on any atom is -0.364 e. The predicted octanol–water partition coefficient (Wildman–Crippen LogP) is 2.88. The molecule has 0 aliphatic carbocycles. The van der Waals surface area contributed by atoms with Crippen LogP contribution in [0.1, 0.15) is 45.2 Å². The molecule has 130 valence electrons. The van der Waals surface area contributed by atoms with Crippen molar-refractivity contribution in [2.24, 2.45) is 5.92 Å². The molecular formula is C18H27N5O.